The molecule has 0 aliphatic carbocycles. The highest BCUT2D eigenvalue weighted by Crippen LogP contribution is 2.15. The number of carbonyl (C=O) groups excluding carboxylic acids is 13. The number of nitrogens with zero attached hydrogens (tertiary/aromatic N) is 1. The van der Waals surface area contributed by atoms with Crippen molar-refractivity contribution in [3.63, 3.8) is 0 Å². The van der Waals surface area contributed by atoms with Gasteiger partial charge in [-0.3, -0.25) is 38.7 Å². The molecule has 4 amide bonds. The standard InChI is InChI=1S/C18H24N2O6.C15H13NO8.C15H17NO7.C14H11N3O7.CH4/c1-14-4-5-15(18(23)19-14)26-17(22)7-6-16(21)25-11-3-2-8-20-9-12-24-13-10-20;1-8-3-4-10(14(19)16-8)23-13(18)6-5-12(17)21-7-11-9(2)22-15(20)24-11;1-9(2)15(20)22-8-21-12(17)6-7-13(18)23-11-5-4-10(3)16-14(11)19;1-7-2-3-8(12(20)16-7)23-10(18)4-5-11(19)24-9-6-15-14(22)17-13(9)21;/h5-7H,1-4,8-13H2,(H,19,23);4-6H,1,3,7H2,2H3,(H,16,19);5-7,9H,3-4,8H2,1-2H3,(H,16,19);3-6H,1-2H2,(H,16,20)(H2,15,17,21,22);1H4/b7-6+;6-5+;7-6+;5-4+;. The second-order valence-corrected chi connectivity index (χ2v) is 19.8. The second-order valence-electron chi connectivity index (χ2n) is 19.8. The van der Waals surface area contributed by atoms with Crippen LogP contribution in [0.5, 0.6) is 5.75 Å². The molecule has 524 valence electrons. The largest absolute Gasteiger partial charge is 0.519 e. The summed E-state index contributed by atoms with van der Waals surface area (Å²) in [6.07, 6.45) is 16.2. The Kier molecular flexibility index (Phi) is 33.7. The maximum atomic E-state index is 11.6. The van der Waals surface area contributed by atoms with Gasteiger partial charge in [-0.2, -0.15) is 0 Å². The molecule has 0 spiro atoms. The number of ether oxygens (including phenoxy) is 10. The molecule has 5 aliphatic heterocycles. The van der Waals surface area contributed by atoms with Crippen molar-refractivity contribution in [1.29, 1.82) is 0 Å². The summed E-state index contributed by atoms with van der Waals surface area (Å²) in [5.74, 6) is -12.1. The fourth-order valence-corrected chi connectivity index (χ4v) is 6.94. The number of aryl methyl sites for hydroxylation is 1. The minimum atomic E-state index is -1.06. The fraction of sp³-hybridized carbons (Fsp3) is 0.302. The van der Waals surface area contributed by atoms with Gasteiger partial charge in [-0.15, -0.1) is 0 Å². The Morgan fingerprint density at radius 2 is 0.908 bits per heavy atom. The van der Waals surface area contributed by atoms with Crippen molar-refractivity contribution in [2.45, 2.75) is 73.3 Å². The molecule has 0 aromatic carbocycles. The predicted octanol–water partition coefficient (Wildman–Crippen LogP) is 1.59. The molecule has 2 aromatic heterocycles. The summed E-state index contributed by atoms with van der Waals surface area (Å²) in [5.41, 5.74) is 0.297. The number of hydrogen-bond donors (Lipinski definition) is 6. The minimum absolute atomic E-state index is 0. The van der Waals surface area contributed by atoms with E-state index in [0.29, 0.717) is 54.5 Å². The molecule has 2 aromatic rings. The van der Waals surface area contributed by atoms with Gasteiger partial charge in [0.15, 0.2) is 41.2 Å². The molecule has 35 nitrogen and oxygen atoms in total. The lowest BCUT2D eigenvalue weighted by atomic mass is 10.2. The second kappa shape index (κ2) is 41.3. The van der Waals surface area contributed by atoms with Gasteiger partial charge in [0.25, 0.3) is 29.2 Å². The van der Waals surface area contributed by atoms with Gasteiger partial charge in [-0.05, 0) is 50.6 Å². The summed E-state index contributed by atoms with van der Waals surface area (Å²) in [7, 11) is 0. The molecule has 0 saturated carbocycles. The average Bonchev–Trinajstić information content (AvgIpc) is 1.01. The molecule has 1 fully saturated rings. The summed E-state index contributed by atoms with van der Waals surface area (Å²) < 4.78 is 57.3. The zero-order chi connectivity index (χ0) is 71.6. The molecular formula is C63H69N7O28. The van der Waals surface area contributed by atoms with Crippen LogP contribution < -0.4 is 43.1 Å². The summed E-state index contributed by atoms with van der Waals surface area (Å²) in [5, 5.41) is 9.65. The molecule has 35 heteroatoms. The zero-order valence-electron chi connectivity index (χ0n) is 52.2. The van der Waals surface area contributed by atoms with E-state index in [0.717, 1.165) is 94.4 Å². The quantitative estimate of drug-likeness (QED) is 0.0302. The molecule has 7 heterocycles. The summed E-state index contributed by atoms with van der Waals surface area (Å²) in [6, 6.07) is 0. The molecular weight excluding hydrogens is 1300 g/mol. The highest BCUT2D eigenvalue weighted by atomic mass is 16.7. The number of unbranched alkanes of at least 4 members (excludes halogenated alkanes) is 1. The van der Waals surface area contributed by atoms with E-state index in [1.165, 1.54) is 31.2 Å². The first-order valence-electron chi connectivity index (χ1n) is 28.5. The number of aromatic amines is 2. The molecule has 98 heavy (non-hydrogen) atoms. The Hall–Kier alpha value is -12.4. The Morgan fingerprint density at radius 3 is 1.29 bits per heavy atom. The van der Waals surface area contributed by atoms with E-state index in [2.05, 4.69) is 80.5 Å². The predicted molar refractivity (Wildman–Crippen MR) is 332 cm³/mol. The molecule has 0 bridgehead atoms. The van der Waals surface area contributed by atoms with Gasteiger partial charge in [0, 0.05) is 110 Å². The molecule has 0 unspecified atom stereocenters. The van der Waals surface area contributed by atoms with E-state index in [1.54, 1.807) is 13.8 Å². The highest BCUT2D eigenvalue weighted by Gasteiger charge is 2.23. The van der Waals surface area contributed by atoms with Crippen LogP contribution in [-0.4, -0.2) is 138 Å². The summed E-state index contributed by atoms with van der Waals surface area (Å²) in [4.78, 5) is 188. The Labute approximate surface area is 555 Å². The molecule has 6 N–H and O–H groups in total. The number of hydrogen-bond acceptors (Lipinski definition) is 29. The number of rotatable bonds is 23. The molecule has 5 aliphatic rings. The van der Waals surface area contributed by atoms with Gasteiger partial charge in [0.05, 0.1) is 31.9 Å². The number of morpholine rings is 1. The Bertz CT molecular complexity index is 3870. The van der Waals surface area contributed by atoms with Crippen LogP contribution in [0.3, 0.4) is 0 Å². The SMILES string of the molecule is C.C=C1CC=C(OC(=O)/C=C/C(=O)OCCCCN2CCOCC2)C(=O)N1.C=C1CC=C(OC(=O)/C=C/C(=O)OCOC(=O)C(C)C)C(=O)N1.C=C1CC=C(OC(=O)/C=C/C(=O)OCc2oc(=O)oc2C)C(=O)N1.C=C1CC=C(OC(=O)/C=C/C(=O)Oc2c[nH]c(=O)[nH]c2=O)C(=O)N1. The monoisotopic (exact) mass is 1370 g/mol. The normalized spacial score (nSPS) is 15.2. The Balaban J connectivity index is 0.000000339. The third-order valence-electron chi connectivity index (χ3n) is 11.7. The van der Waals surface area contributed by atoms with Gasteiger partial charge in [0.2, 0.25) is 12.5 Å². The number of aromatic nitrogens is 2. The van der Waals surface area contributed by atoms with Gasteiger partial charge in [-0.25, -0.2) is 47.9 Å². The number of amides is 4. The van der Waals surface area contributed by atoms with Crippen LogP contribution in [-0.2, 0) is 112 Å². The molecule has 7 rings (SSSR count). The van der Waals surface area contributed by atoms with E-state index < -0.39 is 107 Å². The third-order valence-corrected chi connectivity index (χ3v) is 11.7. The molecule has 0 atom stereocenters. The first-order valence-corrected chi connectivity index (χ1v) is 28.5. The number of H-pyrrole nitrogens is 2. The van der Waals surface area contributed by atoms with E-state index in [4.69, 9.17) is 33.2 Å². The van der Waals surface area contributed by atoms with Crippen LogP contribution in [0, 0.1) is 12.8 Å². The lowest BCUT2D eigenvalue weighted by molar-refractivity contribution is -0.166. The van der Waals surface area contributed by atoms with E-state index >= 15 is 0 Å². The summed E-state index contributed by atoms with van der Waals surface area (Å²) in [6.45, 7) is 22.8. The maximum absolute atomic E-state index is 11.6. The van der Waals surface area contributed by atoms with Crippen molar-refractivity contribution in [2.24, 2.45) is 5.92 Å². The van der Waals surface area contributed by atoms with Crippen LogP contribution in [0.4, 0.5) is 0 Å². The lowest BCUT2D eigenvalue weighted by Crippen LogP contribution is -2.36. The van der Waals surface area contributed by atoms with Crippen molar-refractivity contribution >= 4 is 77.4 Å². The van der Waals surface area contributed by atoms with Crippen LogP contribution in [0.1, 0.15) is 71.3 Å². The van der Waals surface area contributed by atoms with Crippen molar-refractivity contribution in [2.75, 3.05) is 46.2 Å². The van der Waals surface area contributed by atoms with E-state index in [9.17, 15) is 76.7 Å². The van der Waals surface area contributed by atoms with Gasteiger partial charge in [0.1, 0.15) is 0 Å². The van der Waals surface area contributed by atoms with Gasteiger partial charge < -0.3 is 82.5 Å². The zero-order valence-corrected chi connectivity index (χ0v) is 52.2. The Morgan fingerprint density at radius 1 is 0.520 bits per heavy atom. The first-order chi connectivity index (χ1) is 46.0. The number of nitrogens with one attached hydrogen (secondary N) is 6. The van der Waals surface area contributed by atoms with Crippen LogP contribution in [0.25, 0.3) is 0 Å². The number of esters is 9. The van der Waals surface area contributed by atoms with Gasteiger partial charge >= 0.3 is 65.2 Å². The van der Waals surface area contributed by atoms with Gasteiger partial charge in [-0.1, -0.05) is 47.6 Å². The molecule has 1 saturated heterocycles. The number of carbonyl (C=O) groups is 13. The van der Waals surface area contributed by atoms with Crippen molar-refractivity contribution < 1.29 is 119 Å². The van der Waals surface area contributed by atoms with Crippen molar-refractivity contribution in [1.82, 2.24) is 36.1 Å². The van der Waals surface area contributed by atoms with E-state index in [-0.39, 0.29) is 61.1 Å². The average molecular weight is 1370 g/mol. The van der Waals surface area contributed by atoms with Crippen molar-refractivity contribution in [3.05, 3.63) is 194 Å². The maximum Gasteiger partial charge on any atom is 0.519 e. The first kappa shape index (κ1) is 79.8. The van der Waals surface area contributed by atoms with Crippen LogP contribution in [0.15, 0.2) is 174 Å². The smallest absolute Gasteiger partial charge is 0.463 e. The van der Waals surface area contributed by atoms with Crippen molar-refractivity contribution in [3.8, 4) is 5.75 Å². The number of allylic oxidation sites excluding steroid dienone is 4. The third kappa shape index (κ3) is 31.0. The summed E-state index contributed by atoms with van der Waals surface area (Å²) >= 11 is 0. The van der Waals surface area contributed by atoms with Crippen LogP contribution in [0.2, 0.25) is 0 Å². The van der Waals surface area contributed by atoms with Crippen LogP contribution >= 0.6 is 0 Å². The fourth-order valence-electron chi connectivity index (χ4n) is 6.94. The topological polar surface area (TPSA) is 475 Å². The van der Waals surface area contributed by atoms with E-state index in [1.807, 2.05) is 4.98 Å². The highest BCUT2D eigenvalue weighted by molar-refractivity contribution is 6.01. The minimum Gasteiger partial charge on any atom is -0.463 e. The molecule has 0 radical (unpaired) electrons. The lowest BCUT2D eigenvalue weighted by Gasteiger charge is -2.26.